The number of piperazine rings is 1. The third kappa shape index (κ3) is 9.07. The Morgan fingerprint density at radius 1 is 0.977 bits per heavy atom. The van der Waals surface area contributed by atoms with Crippen molar-refractivity contribution < 1.29 is 28.2 Å². The summed E-state index contributed by atoms with van der Waals surface area (Å²) in [5.74, 6) is -1.16. The van der Waals surface area contributed by atoms with Crippen LogP contribution in [0.2, 0.25) is 0 Å². The molecule has 1 aliphatic rings. The van der Waals surface area contributed by atoms with Crippen LogP contribution in [0.15, 0.2) is 47.3 Å². The van der Waals surface area contributed by atoms with E-state index in [9.17, 15) is 23.6 Å². The van der Waals surface area contributed by atoms with Gasteiger partial charge in [0.25, 0.3) is 11.5 Å². The lowest BCUT2D eigenvalue weighted by atomic mass is 10.0. The number of hydrogen-bond donors (Lipinski definition) is 3. The van der Waals surface area contributed by atoms with E-state index in [1.807, 2.05) is 12.1 Å². The van der Waals surface area contributed by atoms with Crippen molar-refractivity contribution in [2.45, 2.75) is 32.8 Å². The number of carbonyl (C=O) groups is 3. The zero-order chi connectivity index (χ0) is 31.7. The highest BCUT2D eigenvalue weighted by molar-refractivity contribution is 5.95. The fraction of sp³-hybridized carbons (Fsp3) is 0.452. The number of ether oxygens (including phenoxy) is 2. The number of aromatic amines is 1. The van der Waals surface area contributed by atoms with Crippen molar-refractivity contribution in [3.05, 3.63) is 75.5 Å². The van der Waals surface area contributed by atoms with E-state index in [4.69, 9.17) is 9.47 Å². The number of benzene rings is 2. The van der Waals surface area contributed by atoms with Crippen LogP contribution < -0.4 is 16.2 Å². The minimum absolute atomic E-state index is 0.0426. The zero-order valence-corrected chi connectivity index (χ0v) is 25.3. The monoisotopic (exact) mass is 610 g/mol. The molecule has 1 saturated heterocycles. The summed E-state index contributed by atoms with van der Waals surface area (Å²) in [5, 5.41) is 13.5. The number of hydrogen-bond acceptors (Lipinski definition) is 8. The van der Waals surface area contributed by atoms with Crippen molar-refractivity contribution in [2.75, 3.05) is 59.0 Å². The lowest BCUT2D eigenvalue weighted by molar-refractivity contribution is -0.131. The summed E-state index contributed by atoms with van der Waals surface area (Å²) >= 11 is 0. The van der Waals surface area contributed by atoms with Crippen molar-refractivity contribution in [3.63, 3.8) is 0 Å². The highest BCUT2D eigenvalue weighted by Gasteiger charge is 2.26. The molecule has 4 rings (SSSR count). The molecule has 236 valence electrons. The summed E-state index contributed by atoms with van der Waals surface area (Å²) in [6.45, 7) is 8.19. The molecule has 1 aromatic heterocycles. The van der Waals surface area contributed by atoms with Gasteiger partial charge in [0.1, 0.15) is 11.4 Å². The van der Waals surface area contributed by atoms with Crippen LogP contribution in [0.5, 0.6) is 0 Å². The Morgan fingerprint density at radius 3 is 2.39 bits per heavy atom. The molecule has 0 aliphatic carbocycles. The van der Waals surface area contributed by atoms with Crippen LogP contribution in [-0.4, -0.2) is 103 Å². The number of rotatable bonds is 11. The Labute approximate surface area is 254 Å². The van der Waals surface area contributed by atoms with E-state index in [1.165, 1.54) is 12.1 Å². The Hall–Kier alpha value is -4.36. The third-order valence-electron chi connectivity index (χ3n) is 6.94. The van der Waals surface area contributed by atoms with E-state index in [1.54, 1.807) is 48.8 Å². The molecule has 3 N–H and O–H groups in total. The van der Waals surface area contributed by atoms with Gasteiger partial charge in [0.2, 0.25) is 5.91 Å². The molecule has 1 fully saturated rings. The molecule has 0 unspecified atom stereocenters. The summed E-state index contributed by atoms with van der Waals surface area (Å²) in [5.41, 5.74) is 0.410. The van der Waals surface area contributed by atoms with Crippen molar-refractivity contribution in [1.29, 1.82) is 0 Å². The number of fused-ring (bicyclic) bond motifs is 1. The Kier molecular flexibility index (Phi) is 11.0. The minimum Gasteiger partial charge on any atom is -0.444 e. The average molecular weight is 611 g/mol. The molecule has 0 atom stereocenters. The van der Waals surface area contributed by atoms with Gasteiger partial charge in [-0.3, -0.25) is 14.4 Å². The summed E-state index contributed by atoms with van der Waals surface area (Å²) < 4.78 is 25.4. The molecule has 44 heavy (non-hydrogen) atoms. The first-order valence-electron chi connectivity index (χ1n) is 14.6. The summed E-state index contributed by atoms with van der Waals surface area (Å²) in [7, 11) is 0. The molecule has 12 nitrogen and oxygen atoms in total. The quantitative estimate of drug-likeness (QED) is 0.280. The van der Waals surface area contributed by atoms with Gasteiger partial charge in [0, 0.05) is 51.1 Å². The van der Waals surface area contributed by atoms with E-state index >= 15 is 0 Å². The van der Waals surface area contributed by atoms with E-state index in [0.717, 1.165) is 0 Å². The molecule has 1 aliphatic heterocycles. The first-order valence-corrected chi connectivity index (χ1v) is 14.6. The highest BCUT2D eigenvalue weighted by atomic mass is 19.1. The number of nitrogens with zero attached hydrogens (tertiary/aromatic N) is 3. The topological polar surface area (TPSA) is 146 Å². The molecule has 2 aromatic carbocycles. The number of carbonyl (C=O) groups excluding carboxylic acids is 3. The first-order chi connectivity index (χ1) is 21.0. The summed E-state index contributed by atoms with van der Waals surface area (Å²) in [4.78, 5) is 52.8. The van der Waals surface area contributed by atoms with E-state index in [2.05, 4.69) is 20.8 Å². The second kappa shape index (κ2) is 14.9. The van der Waals surface area contributed by atoms with Crippen LogP contribution in [0.4, 0.5) is 9.18 Å². The van der Waals surface area contributed by atoms with E-state index < -0.39 is 23.4 Å². The van der Waals surface area contributed by atoms with Gasteiger partial charge >= 0.3 is 6.09 Å². The molecule has 3 aromatic rings. The third-order valence-corrected chi connectivity index (χ3v) is 6.94. The fourth-order valence-corrected chi connectivity index (χ4v) is 4.77. The van der Waals surface area contributed by atoms with E-state index in [0.29, 0.717) is 67.8 Å². The summed E-state index contributed by atoms with van der Waals surface area (Å²) in [6, 6.07) is 11.5. The number of alkyl carbamates (subject to hydrolysis) is 1. The molecule has 0 bridgehead atoms. The molecular weight excluding hydrogens is 571 g/mol. The normalized spacial score (nSPS) is 13.6. The second-order valence-corrected chi connectivity index (χ2v) is 11.4. The van der Waals surface area contributed by atoms with Crippen LogP contribution in [0, 0.1) is 5.82 Å². The Balaban J connectivity index is 1.19. The molecule has 0 radical (unpaired) electrons. The minimum atomic E-state index is -0.622. The second-order valence-electron chi connectivity index (χ2n) is 11.4. The lowest BCUT2D eigenvalue weighted by Gasteiger charge is -2.35. The van der Waals surface area contributed by atoms with Gasteiger partial charge in [0.15, 0.2) is 0 Å². The van der Waals surface area contributed by atoms with Gasteiger partial charge in [-0.25, -0.2) is 14.3 Å². The lowest BCUT2D eigenvalue weighted by Crippen LogP contribution is -2.52. The smallest absolute Gasteiger partial charge is 0.407 e. The average Bonchev–Trinajstić information content (AvgIpc) is 2.99. The van der Waals surface area contributed by atoms with Crippen LogP contribution in [0.3, 0.4) is 0 Å². The van der Waals surface area contributed by atoms with Gasteiger partial charge in [-0.2, -0.15) is 5.10 Å². The Bertz CT molecular complexity index is 1530. The van der Waals surface area contributed by atoms with Crippen LogP contribution >= 0.6 is 0 Å². The van der Waals surface area contributed by atoms with Gasteiger partial charge in [-0.1, -0.05) is 24.3 Å². The predicted molar refractivity (Wildman–Crippen MR) is 162 cm³/mol. The molecule has 0 saturated carbocycles. The number of aromatic nitrogens is 2. The van der Waals surface area contributed by atoms with Crippen LogP contribution in [0.25, 0.3) is 10.8 Å². The number of H-pyrrole nitrogens is 1. The molecule has 0 spiro atoms. The predicted octanol–water partition coefficient (Wildman–Crippen LogP) is 2.07. The maximum atomic E-state index is 14.8. The molecule has 13 heteroatoms. The zero-order valence-electron chi connectivity index (χ0n) is 25.3. The van der Waals surface area contributed by atoms with Crippen molar-refractivity contribution in [2.24, 2.45) is 0 Å². The molecule has 2 heterocycles. The molecule has 3 amide bonds. The SMILES string of the molecule is CC(C)(C)OC(=O)NCCOCCNCC(=O)N1CCN(C(=O)c2cc(Cc3n[nH]c(=O)c4ccccc34)ccc2F)CC1. The maximum absolute atomic E-state index is 14.8. The number of amides is 3. The van der Waals surface area contributed by atoms with Gasteiger partial charge < -0.3 is 29.9 Å². The molecular formula is C31H39FN6O6. The van der Waals surface area contributed by atoms with Crippen LogP contribution in [-0.2, 0) is 20.7 Å². The van der Waals surface area contributed by atoms with Gasteiger partial charge in [-0.05, 0) is 44.5 Å². The number of halogens is 1. The van der Waals surface area contributed by atoms with Crippen molar-refractivity contribution in [3.8, 4) is 0 Å². The Morgan fingerprint density at radius 2 is 1.66 bits per heavy atom. The first kappa shape index (κ1) is 32.6. The number of nitrogens with one attached hydrogen (secondary N) is 3. The fourth-order valence-electron chi connectivity index (χ4n) is 4.77. The largest absolute Gasteiger partial charge is 0.444 e. The van der Waals surface area contributed by atoms with Gasteiger partial charge in [-0.15, -0.1) is 0 Å². The van der Waals surface area contributed by atoms with Crippen molar-refractivity contribution in [1.82, 2.24) is 30.6 Å². The summed E-state index contributed by atoms with van der Waals surface area (Å²) in [6.07, 6.45) is -0.194. The maximum Gasteiger partial charge on any atom is 0.407 e. The van der Waals surface area contributed by atoms with Crippen molar-refractivity contribution >= 4 is 28.7 Å². The van der Waals surface area contributed by atoms with Gasteiger partial charge in [0.05, 0.1) is 36.4 Å². The van der Waals surface area contributed by atoms with E-state index in [-0.39, 0.29) is 36.7 Å². The van der Waals surface area contributed by atoms with Crippen LogP contribution in [0.1, 0.15) is 42.4 Å². The standard InChI is InChI=1S/C31H39FN6O6/c1-31(2,3)44-30(42)34-11-17-43-16-10-33-20-27(39)37-12-14-38(15-13-37)29(41)24-18-21(8-9-25(24)32)19-26-22-6-4-5-7-23(22)28(40)36-35-26/h4-9,18,33H,10-17,19-20H2,1-3H3,(H,34,42)(H,36,40). The highest BCUT2D eigenvalue weighted by Crippen LogP contribution is 2.20.